The molecule has 0 aliphatic carbocycles. The molecule has 1 aromatic rings. The van der Waals surface area contributed by atoms with E-state index in [-0.39, 0.29) is 11.8 Å². The van der Waals surface area contributed by atoms with Crippen LogP contribution in [0.5, 0.6) is 5.75 Å². The molecule has 0 saturated carbocycles. The molecule has 1 aromatic carbocycles. The summed E-state index contributed by atoms with van der Waals surface area (Å²) in [6.45, 7) is 4.62. The fraction of sp³-hybridized carbons (Fsp3) is 0.500. The van der Waals surface area contributed by atoms with Gasteiger partial charge in [0.15, 0.2) is 0 Å². The second kappa shape index (κ2) is 9.80. The predicted octanol–water partition coefficient (Wildman–Crippen LogP) is 2.82. The number of rotatable bonds is 8. The first kappa shape index (κ1) is 17.0. The molecule has 5 heteroatoms. The number of carbonyl (C=O) groups excluding carboxylic acids is 2. The average molecular weight is 292 g/mol. The number of carbonyl (C=O) groups is 2. The number of hydrogen-bond donors (Lipinski definition) is 2. The summed E-state index contributed by atoms with van der Waals surface area (Å²) in [5, 5.41) is 0. The molecule has 0 spiro atoms. The minimum Gasteiger partial charge on any atom is -0.493 e. The number of hydrogen-bond acceptors (Lipinski definition) is 3. The highest BCUT2D eigenvalue weighted by Crippen LogP contribution is 2.17. The van der Waals surface area contributed by atoms with Gasteiger partial charge in [-0.1, -0.05) is 38.8 Å². The lowest BCUT2D eigenvalue weighted by molar-refractivity contribution is -0.121. The summed E-state index contributed by atoms with van der Waals surface area (Å²) in [5.74, 6) is -0.0219. The molecule has 116 valence electrons. The number of ether oxygens (including phenoxy) is 1. The number of amides is 2. The van der Waals surface area contributed by atoms with Crippen molar-refractivity contribution >= 4 is 11.8 Å². The number of benzene rings is 1. The topological polar surface area (TPSA) is 67.4 Å². The zero-order valence-corrected chi connectivity index (χ0v) is 12.8. The summed E-state index contributed by atoms with van der Waals surface area (Å²) in [6.07, 6.45) is 4.18. The van der Waals surface area contributed by atoms with E-state index in [4.69, 9.17) is 4.74 Å². The van der Waals surface area contributed by atoms with Crippen LogP contribution in [0.1, 0.15) is 56.3 Å². The predicted molar refractivity (Wildman–Crippen MR) is 82.0 cm³/mol. The van der Waals surface area contributed by atoms with E-state index in [2.05, 4.69) is 17.8 Å². The molecule has 0 heterocycles. The molecule has 5 nitrogen and oxygen atoms in total. The Labute approximate surface area is 126 Å². The lowest BCUT2D eigenvalue weighted by atomic mass is 10.2. The molecule has 0 radical (unpaired) electrons. The maximum atomic E-state index is 12.1. The zero-order chi connectivity index (χ0) is 15.5. The van der Waals surface area contributed by atoms with E-state index >= 15 is 0 Å². The summed E-state index contributed by atoms with van der Waals surface area (Å²) in [4.78, 5) is 23.6. The molecule has 0 aliphatic heterocycles. The normalized spacial score (nSPS) is 10.0. The first-order chi connectivity index (χ1) is 10.2. The first-order valence-corrected chi connectivity index (χ1v) is 7.50. The van der Waals surface area contributed by atoms with Crippen LogP contribution in [0.2, 0.25) is 0 Å². The quantitative estimate of drug-likeness (QED) is 0.572. The van der Waals surface area contributed by atoms with Crippen molar-refractivity contribution in [1.82, 2.24) is 10.9 Å². The summed E-state index contributed by atoms with van der Waals surface area (Å²) in [6, 6.07) is 6.99. The van der Waals surface area contributed by atoms with Gasteiger partial charge in [-0.15, -0.1) is 0 Å². The molecule has 0 saturated heterocycles. The van der Waals surface area contributed by atoms with Gasteiger partial charge in [0.1, 0.15) is 5.75 Å². The summed E-state index contributed by atoms with van der Waals surface area (Å²) < 4.78 is 5.52. The van der Waals surface area contributed by atoms with E-state index in [1.807, 2.05) is 13.0 Å². The molecule has 2 amide bonds. The highest BCUT2D eigenvalue weighted by Gasteiger charge is 2.12. The van der Waals surface area contributed by atoms with E-state index in [0.717, 1.165) is 25.7 Å². The van der Waals surface area contributed by atoms with Crippen LogP contribution in [0.15, 0.2) is 24.3 Å². The lowest BCUT2D eigenvalue weighted by Crippen LogP contribution is -2.41. The van der Waals surface area contributed by atoms with Gasteiger partial charge in [-0.05, 0) is 25.0 Å². The van der Waals surface area contributed by atoms with Crippen LogP contribution in [0.3, 0.4) is 0 Å². The van der Waals surface area contributed by atoms with Crippen LogP contribution in [0.25, 0.3) is 0 Å². The van der Waals surface area contributed by atoms with Gasteiger partial charge in [0.2, 0.25) is 5.91 Å². The summed E-state index contributed by atoms with van der Waals surface area (Å²) >= 11 is 0. The standard InChI is InChI=1S/C16H24N2O3/c1-3-5-6-11-15(19)17-18-16(20)13-9-7-8-10-14(13)21-12-4-2/h7-10H,3-6,11-12H2,1-2H3,(H,17,19)(H,18,20). The molecule has 0 atom stereocenters. The van der Waals surface area contributed by atoms with Crippen molar-refractivity contribution in [1.29, 1.82) is 0 Å². The van der Waals surface area contributed by atoms with Crippen molar-refractivity contribution in [2.45, 2.75) is 46.0 Å². The third kappa shape index (κ3) is 6.29. The van der Waals surface area contributed by atoms with E-state index < -0.39 is 0 Å². The summed E-state index contributed by atoms with van der Waals surface area (Å²) in [5.41, 5.74) is 5.27. The van der Waals surface area contributed by atoms with Gasteiger partial charge in [0.25, 0.3) is 5.91 Å². The fourth-order valence-corrected chi connectivity index (χ4v) is 1.78. The Balaban J connectivity index is 2.49. The van der Waals surface area contributed by atoms with E-state index in [1.165, 1.54) is 0 Å². The Kier molecular flexibility index (Phi) is 7.94. The summed E-state index contributed by atoms with van der Waals surface area (Å²) in [7, 11) is 0. The largest absolute Gasteiger partial charge is 0.493 e. The van der Waals surface area contributed by atoms with Gasteiger partial charge in [-0.2, -0.15) is 0 Å². The fourth-order valence-electron chi connectivity index (χ4n) is 1.78. The third-order valence-corrected chi connectivity index (χ3v) is 2.92. The highest BCUT2D eigenvalue weighted by molar-refractivity contribution is 5.97. The molecule has 0 aliphatic rings. The van der Waals surface area contributed by atoms with Gasteiger partial charge in [-0.25, -0.2) is 0 Å². The van der Waals surface area contributed by atoms with Crippen LogP contribution in [-0.2, 0) is 4.79 Å². The molecular formula is C16H24N2O3. The van der Waals surface area contributed by atoms with Crippen LogP contribution in [0, 0.1) is 0 Å². The monoisotopic (exact) mass is 292 g/mol. The van der Waals surface area contributed by atoms with Crippen molar-refractivity contribution in [2.75, 3.05) is 6.61 Å². The van der Waals surface area contributed by atoms with Crippen molar-refractivity contribution < 1.29 is 14.3 Å². The molecule has 1 rings (SSSR count). The van der Waals surface area contributed by atoms with E-state index in [1.54, 1.807) is 18.2 Å². The maximum absolute atomic E-state index is 12.1. The Morgan fingerprint density at radius 2 is 1.81 bits per heavy atom. The Morgan fingerprint density at radius 3 is 2.52 bits per heavy atom. The molecule has 0 aromatic heterocycles. The number of para-hydroxylation sites is 1. The van der Waals surface area contributed by atoms with E-state index in [9.17, 15) is 9.59 Å². The Morgan fingerprint density at radius 1 is 1.05 bits per heavy atom. The molecule has 0 unspecified atom stereocenters. The Hall–Kier alpha value is -2.04. The van der Waals surface area contributed by atoms with Gasteiger partial charge in [-0.3, -0.25) is 20.4 Å². The van der Waals surface area contributed by atoms with Gasteiger partial charge < -0.3 is 4.74 Å². The molecule has 2 N–H and O–H groups in total. The minimum absolute atomic E-state index is 0.177. The average Bonchev–Trinajstić information content (AvgIpc) is 2.51. The second-order valence-electron chi connectivity index (χ2n) is 4.80. The van der Waals surface area contributed by atoms with Crippen LogP contribution in [-0.4, -0.2) is 18.4 Å². The number of nitrogens with one attached hydrogen (secondary N) is 2. The lowest BCUT2D eigenvalue weighted by Gasteiger charge is -2.11. The number of unbranched alkanes of at least 4 members (excludes halogenated alkanes) is 2. The van der Waals surface area contributed by atoms with Crippen LogP contribution >= 0.6 is 0 Å². The molecule has 21 heavy (non-hydrogen) atoms. The molecule has 0 bridgehead atoms. The zero-order valence-electron chi connectivity index (χ0n) is 12.8. The van der Waals surface area contributed by atoms with Crippen molar-refractivity contribution in [2.24, 2.45) is 0 Å². The van der Waals surface area contributed by atoms with E-state index in [0.29, 0.717) is 24.3 Å². The highest BCUT2D eigenvalue weighted by atomic mass is 16.5. The van der Waals surface area contributed by atoms with Gasteiger partial charge in [0.05, 0.1) is 12.2 Å². The van der Waals surface area contributed by atoms with Crippen LogP contribution in [0.4, 0.5) is 0 Å². The SMILES string of the molecule is CCCCCC(=O)NNC(=O)c1ccccc1OCCC. The van der Waals surface area contributed by atoms with Gasteiger partial charge >= 0.3 is 0 Å². The second-order valence-corrected chi connectivity index (χ2v) is 4.80. The number of hydrazine groups is 1. The van der Waals surface area contributed by atoms with Gasteiger partial charge in [0, 0.05) is 6.42 Å². The van der Waals surface area contributed by atoms with Crippen molar-refractivity contribution in [3.8, 4) is 5.75 Å². The van der Waals surface area contributed by atoms with Crippen molar-refractivity contribution in [3.05, 3.63) is 29.8 Å². The molecular weight excluding hydrogens is 268 g/mol. The molecule has 0 fully saturated rings. The maximum Gasteiger partial charge on any atom is 0.273 e. The Bertz CT molecular complexity index is 461. The third-order valence-electron chi connectivity index (χ3n) is 2.92. The minimum atomic E-state index is -0.370. The first-order valence-electron chi connectivity index (χ1n) is 7.50. The van der Waals surface area contributed by atoms with Crippen molar-refractivity contribution in [3.63, 3.8) is 0 Å². The smallest absolute Gasteiger partial charge is 0.273 e. The van der Waals surface area contributed by atoms with Crippen LogP contribution < -0.4 is 15.6 Å².